The summed E-state index contributed by atoms with van der Waals surface area (Å²) in [6.45, 7) is 0. The molecule has 0 bridgehead atoms. The van der Waals surface area contributed by atoms with Gasteiger partial charge in [0, 0.05) is 10.4 Å². The molecule has 0 aliphatic heterocycles. The zero-order chi connectivity index (χ0) is 12.1. The van der Waals surface area contributed by atoms with Crippen molar-refractivity contribution in [3.8, 4) is 0 Å². The highest BCUT2D eigenvalue weighted by atomic mass is 79.9. The van der Waals surface area contributed by atoms with E-state index in [1.54, 1.807) is 0 Å². The third-order valence-electron chi connectivity index (χ3n) is 3.93. The maximum atomic E-state index is 5.96. The number of alkyl halides is 1. The van der Waals surface area contributed by atoms with Crippen LogP contribution in [0.5, 0.6) is 0 Å². The highest BCUT2D eigenvalue weighted by Gasteiger charge is 2.23. The maximum Gasteiger partial charge on any atom is 0.0406 e. The first-order chi connectivity index (χ1) is 8.31. The average molecular weight is 316 g/mol. The van der Waals surface area contributed by atoms with Crippen LogP contribution in [-0.4, -0.2) is 5.33 Å². The van der Waals surface area contributed by atoms with E-state index in [9.17, 15) is 0 Å². The fourth-order valence-electron chi connectivity index (χ4n) is 2.91. The van der Waals surface area contributed by atoms with Crippen LogP contribution in [0.2, 0.25) is 5.02 Å². The lowest BCUT2D eigenvalue weighted by atomic mass is 9.83. The standard InChI is InChI=1S/C15H20BrCl/c16-11-15(12-5-3-1-2-4-6-12)13-7-9-14(17)10-8-13/h7-10,12,15H,1-6,11H2. The smallest absolute Gasteiger partial charge is 0.0406 e. The van der Waals surface area contributed by atoms with Gasteiger partial charge in [-0.05, 0) is 42.4 Å². The molecule has 0 heterocycles. The molecule has 0 radical (unpaired) electrons. The van der Waals surface area contributed by atoms with Gasteiger partial charge in [0.25, 0.3) is 0 Å². The summed E-state index contributed by atoms with van der Waals surface area (Å²) < 4.78 is 0. The molecule has 1 aromatic carbocycles. The number of halogens is 2. The van der Waals surface area contributed by atoms with Crippen LogP contribution in [0, 0.1) is 5.92 Å². The molecule has 17 heavy (non-hydrogen) atoms. The minimum absolute atomic E-state index is 0.658. The molecule has 1 unspecified atom stereocenters. The van der Waals surface area contributed by atoms with Crippen LogP contribution in [0.4, 0.5) is 0 Å². The third-order valence-corrected chi connectivity index (χ3v) is 4.88. The lowest BCUT2D eigenvalue weighted by Crippen LogP contribution is -2.14. The van der Waals surface area contributed by atoms with Crippen LogP contribution in [0.25, 0.3) is 0 Å². The first-order valence-corrected chi connectivity index (χ1v) is 8.12. The zero-order valence-corrected chi connectivity index (χ0v) is 12.5. The Balaban J connectivity index is 2.11. The summed E-state index contributed by atoms with van der Waals surface area (Å²) in [4.78, 5) is 0. The Morgan fingerprint density at radius 2 is 1.65 bits per heavy atom. The highest BCUT2D eigenvalue weighted by Crippen LogP contribution is 2.36. The highest BCUT2D eigenvalue weighted by molar-refractivity contribution is 9.09. The van der Waals surface area contributed by atoms with Crippen molar-refractivity contribution in [2.24, 2.45) is 5.92 Å². The maximum absolute atomic E-state index is 5.96. The first-order valence-electron chi connectivity index (χ1n) is 6.62. The SMILES string of the molecule is Clc1ccc(C(CBr)C2CCCCCC2)cc1. The van der Waals surface area contributed by atoms with Crippen LogP contribution in [0.1, 0.15) is 50.0 Å². The van der Waals surface area contributed by atoms with Crippen LogP contribution < -0.4 is 0 Å². The van der Waals surface area contributed by atoms with Crippen molar-refractivity contribution in [3.05, 3.63) is 34.9 Å². The summed E-state index contributed by atoms with van der Waals surface area (Å²) in [6, 6.07) is 8.42. The number of benzene rings is 1. The zero-order valence-electron chi connectivity index (χ0n) is 10.2. The topological polar surface area (TPSA) is 0 Å². The largest absolute Gasteiger partial charge is 0.0921 e. The predicted molar refractivity (Wildman–Crippen MR) is 79.2 cm³/mol. The van der Waals surface area contributed by atoms with E-state index >= 15 is 0 Å². The van der Waals surface area contributed by atoms with Gasteiger partial charge in [-0.1, -0.05) is 65.3 Å². The molecule has 0 saturated heterocycles. The number of hydrogen-bond donors (Lipinski definition) is 0. The van der Waals surface area contributed by atoms with Crippen molar-refractivity contribution in [1.82, 2.24) is 0 Å². The molecule has 0 nitrogen and oxygen atoms in total. The second-order valence-electron chi connectivity index (χ2n) is 5.06. The van der Waals surface area contributed by atoms with Crippen molar-refractivity contribution >= 4 is 27.5 Å². The van der Waals surface area contributed by atoms with Gasteiger partial charge >= 0.3 is 0 Å². The monoisotopic (exact) mass is 314 g/mol. The van der Waals surface area contributed by atoms with E-state index in [0.29, 0.717) is 5.92 Å². The van der Waals surface area contributed by atoms with Crippen molar-refractivity contribution in [1.29, 1.82) is 0 Å². The molecule has 1 aliphatic carbocycles. The third kappa shape index (κ3) is 3.72. The lowest BCUT2D eigenvalue weighted by Gasteiger charge is -2.25. The minimum Gasteiger partial charge on any atom is -0.0921 e. The van der Waals surface area contributed by atoms with Crippen molar-refractivity contribution in [3.63, 3.8) is 0 Å². The van der Waals surface area contributed by atoms with E-state index in [-0.39, 0.29) is 0 Å². The molecule has 1 fully saturated rings. The molecular formula is C15H20BrCl. The van der Waals surface area contributed by atoms with E-state index in [1.807, 2.05) is 12.1 Å². The Kier molecular flexibility index (Phi) is 5.37. The Hall–Kier alpha value is -0.0100. The van der Waals surface area contributed by atoms with Gasteiger partial charge in [0.05, 0.1) is 0 Å². The average Bonchev–Trinajstić information content (AvgIpc) is 2.62. The quantitative estimate of drug-likeness (QED) is 0.489. The lowest BCUT2D eigenvalue weighted by molar-refractivity contribution is 0.400. The van der Waals surface area contributed by atoms with Gasteiger partial charge in [-0.2, -0.15) is 0 Å². The van der Waals surface area contributed by atoms with Gasteiger partial charge in [0.15, 0.2) is 0 Å². The molecule has 0 aromatic heterocycles. The van der Waals surface area contributed by atoms with Gasteiger partial charge in [-0.15, -0.1) is 0 Å². The summed E-state index contributed by atoms with van der Waals surface area (Å²) >= 11 is 9.66. The second kappa shape index (κ2) is 6.80. The number of rotatable bonds is 3. The first kappa shape index (κ1) is 13.4. The molecular weight excluding hydrogens is 296 g/mol. The Morgan fingerprint density at radius 3 is 2.18 bits per heavy atom. The number of hydrogen-bond acceptors (Lipinski definition) is 0. The van der Waals surface area contributed by atoms with E-state index in [2.05, 4.69) is 28.1 Å². The predicted octanol–water partition coefficient (Wildman–Crippen LogP) is 5.79. The molecule has 0 amide bonds. The van der Waals surface area contributed by atoms with Crippen LogP contribution in [-0.2, 0) is 0 Å². The van der Waals surface area contributed by atoms with Crippen LogP contribution >= 0.6 is 27.5 Å². The fourth-order valence-corrected chi connectivity index (χ4v) is 3.94. The van der Waals surface area contributed by atoms with Crippen molar-refractivity contribution in [2.75, 3.05) is 5.33 Å². The molecule has 1 atom stereocenters. The van der Waals surface area contributed by atoms with Crippen molar-refractivity contribution < 1.29 is 0 Å². The normalized spacial score (nSPS) is 19.9. The molecule has 2 rings (SSSR count). The second-order valence-corrected chi connectivity index (χ2v) is 6.15. The van der Waals surface area contributed by atoms with E-state index in [0.717, 1.165) is 16.3 Å². The van der Waals surface area contributed by atoms with E-state index < -0.39 is 0 Å². The molecule has 0 N–H and O–H groups in total. The van der Waals surface area contributed by atoms with Gasteiger partial charge in [0.2, 0.25) is 0 Å². The molecule has 1 saturated carbocycles. The Labute approximate surface area is 118 Å². The van der Waals surface area contributed by atoms with E-state index in [4.69, 9.17) is 11.6 Å². The van der Waals surface area contributed by atoms with E-state index in [1.165, 1.54) is 44.1 Å². The fraction of sp³-hybridized carbons (Fsp3) is 0.600. The summed E-state index contributed by atoms with van der Waals surface area (Å²) in [7, 11) is 0. The minimum atomic E-state index is 0.658. The van der Waals surface area contributed by atoms with Crippen LogP contribution in [0.3, 0.4) is 0 Å². The van der Waals surface area contributed by atoms with Crippen molar-refractivity contribution in [2.45, 2.75) is 44.4 Å². The van der Waals surface area contributed by atoms with Crippen LogP contribution in [0.15, 0.2) is 24.3 Å². The van der Waals surface area contributed by atoms with Gasteiger partial charge < -0.3 is 0 Å². The summed E-state index contributed by atoms with van der Waals surface area (Å²) in [5.41, 5.74) is 1.44. The molecule has 0 spiro atoms. The van der Waals surface area contributed by atoms with Gasteiger partial charge in [-0.3, -0.25) is 0 Å². The summed E-state index contributed by atoms with van der Waals surface area (Å²) in [5.74, 6) is 1.50. The van der Waals surface area contributed by atoms with Gasteiger partial charge in [0.1, 0.15) is 0 Å². The summed E-state index contributed by atoms with van der Waals surface area (Å²) in [6.07, 6.45) is 8.43. The molecule has 1 aliphatic rings. The molecule has 2 heteroatoms. The molecule has 1 aromatic rings. The Morgan fingerprint density at radius 1 is 1.06 bits per heavy atom. The van der Waals surface area contributed by atoms with Gasteiger partial charge in [-0.25, -0.2) is 0 Å². The summed E-state index contributed by atoms with van der Waals surface area (Å²) in [5, 5.41) is 1.90. The molecule has 94 valence electrons. The Bertz CT molecular complexity index is 325.